The van der Waals surface area contributed by atoms with Gasteiger partial charge in [0.05, 0.1) is 24.0 Å². The van der Waals surface area contributed by atoms with Crippen LogP contribution in [0.15, 0.2) is 45.9 Å². The van der Waals surface area contributed by atoms with E-state index in [1.807, 2.05) is 12.1 Å². The molecule has 154 valence electrons. The molecule has 2 rings (SSSR count). The van der Waals surface area contributed by atoms with Crippen molar-refractivity contribution in [2.45, 2.75) is 23.5 Å². The van der Waals surface area contributed by atoms with E-state index in [0.29, 0.717) is 24.3 Å². The highest BCUT2D eigenvalue weighted by atomic mass is 32.2. The van der Waals surface area contributed by atoms with Gasteiger partial charge in [-0.2, -0.15) is 11.8 Å². The smallest absolute Gasteiger partial charge is 0.242 e. The summed E-state index contributed by atoms with van der Waals surface area (Å²) in [6.07, 6.45) is 2.29. The number of benzene rings is 1. The number of rotatable bonds is 11. The average molecular weight is 427 g/mol. The van der Waals surface area contributed by atoms with Gasteiger partial charge in [-0.05, 0) is 42.3 Å². The largest absolute Gasteiger partial charge is 0.496 e. The molecule has 0 unspecified atom stereocenters. The monoisotopic (exact) mass is 426 g/mol. The standard InChI is InChI=1S/C19H26N2O5S2/c1-21(2)28(23,24)17-7-8-18(25-3)15(13-17)6-9-19(22)20-10-12-27-14-16-5-4-11-26-16/h4-5,7-8,11,13H,6,9-10,12,14H2,1-3H3,(H,20,22). The highest BCUT2D eigenvalue weighted by molar-refractivity contribution is 7.98. The van der Waals surface area contributed by atoms with E-state index in [0.717, 1.165) is 21.6 Å². The van der Waals surface area contributed by atoms with Crippen molar-refractivity contribution < 1.29 is 22.4 Å². The molecule has 0 aliphatic carbocycles. The molecule has 1 amide bonds. The SMILES string of the molecule is COc1ccc(S(=O)(=O)N(C)C)cc1CCC(=O)NCCSCc1ccco1. The Morgan fingerprint density at radius 2 is 2.07 bits per heavy atom. The molecule has 0 bridgehead atoms. The second-order valence-electron chi connectivity index (χ2n) is 6.24. The second kappa shape index (κ2) is 10.5. The van der Waals surface area contributed by atoms with Crippen molar-refractivity contribution in [3.63, 3.8) is 0 Å². The molecule has 1 aromatic heterocycles. The molecule has 0 spiro atoms. The highest BCUT2D eigenvalue weighted by Gasteiger charge is 2.19. The summed E-state index contributed by atoms with van der Waals surface area (Å²) >= 11 is 1.68. The van der Waals surface area contributed by atoms with Crippen molar-refractivity contribution in [1.82, 2.24) is 9.62 Å². The maximum atomic E-state index is 12.3. The maximum Gasteiger partial charge on any atom is 0.242 e. The fourth-order valence-electron chi connectivity index (χ4n) is 2.49. The molecule has 0 atom stereocenters. The zero-order valence-electron chi connectivity index (χ0n) is 16.3. The quantitative estimate of drug-likeness (QED) is 0.556. The van der Waals surface area contributed by atoms with Crippen LogP contribution >= 0.6 is 11.8 Å². The van der Waals surface area contributed by atoms with Crippen LogP contribution in [0.5, 0.6) is 5.75 Å². The third-order valence-corrected chi connectivity index (χ3v) is 6.84. The van der Waals surface area contributed by atoms with Crippen LogP contribution in [0.25, 0.3) is 0 Å². The van der Waals surface area contributed by atoms with Crippen molar-refractivity contribution in [1.29, 1.82) is 0 Å². The van der Waals surface area contributed by atoms with Crippen LogP contribution in [0.3, 0.4) is 0 Å². The zero-order chi connectivity index (χ0) is 20.6. The molecule has 0 aliphatic heterocycles. The minimum atomic E-state index is -3.54. The second-order valence-corrected chi connectivity index (χ2v) is 9.50. The lowest BCUT2D eigenvalue weighted by Crippen LogP contribution is -2.26. The third-order valence-electron chi connectivity index (χ3n) is 4.04. The van der Waals surface area contributed by atoms with Crippen molar-refractivity contribution in [3.05, 3.63) is 47.9 Å². The number of thioether (sulfide) groups is 1. The summed E-state index contributed by atoms with van der Waals surface area (Å²) in [6.45, 7) is 0.566. The van der Waals surface area contributed by atoms with Crippen molar-refractivity contribution in [3.8, 4) is 5.75 Å². The Labute approximate surface area is 170 Å². The van der Waals surface area contributed by atoms with Crippen molar-refractivity contribution in [2.75, 3.05) is 33.5 Å². The normalized spacial score (nSPS) is 11.6. The lowest BCUT2D eigenvalue weighted by Gasteiger charge is -2.14. The number of hydrogen-bond donors (Lipinski definition) is 1. The molecule has 9 heteroatoms. The third kappa shape index (κ3) is 6.29. The molecule has 0 radical (unpaired) electrons. The fraction of sp³-hybridized carbons (Fsp3) is 0.421. The van der Waals surface area contributed by atoms with Gasteiger partial charge in [-0.3, -0.25) is 4.79 Å². The van der Waals surface area contributed by atoms with Gasteiger partial charge in [-0.15, -0.1) is 0 Å². The first-order valence-electron chi connectivity index (χ1n) is 8.81. The topological polar surface area (TPSA) is 88.9 Å². The van der Waals surface area contributed by atoms with E-state index in [-0.39, 0.29) is 17.2 Å². The number of aryl methyl sites for hydroxylation is 1. The van der Waals surface area contributed by atoms with Gasteiger partial charge in [0.2, 0.25) is 15.9 Å². The Balaban J connectivity index is 1.84. The van der Waals surface area contributed by atoms with Crippen LogP contribution in [0.4, 0.5) is 0 Å². The lowest BCUT2D eigenvalue weighted by molar-refractivity contribution is -0.120. The summed E-state index contributed by atoms with van der Waals surface area (Å²) in [7, 11) is 0.953. The Bertz CT molecular complexity index is 864. The maximum absolute atomic E-state index is 12.3. The Morgan fingerprint density at radius 1 is 1.29 bits per heavy atom. The highest BCUT2D eigenvalue weighted by Crippen LogP contribution is 2.25. The predicted molar refractivity (Wildman–Crippen MR) is 110 cm³/mol. The van der Waals surface area contributed by atoms with Gasteiger partial charge in [0, 0.05) is 32.8 Å². The fourth-order valence-corrected chi connectivity index (χ4v) is 4.20. The van der Waals surface area contributed by atoms with Crippen LogP contribution in [-0.2, 0) is 27.0 Å². The molecular weight excluding hydrogens is 400 g/mol. The van der Waals surface area contributed by atoms with E-state index in [9.17, 15) is 13.2 Å². The van der Waals surface area contributed by atoms with Gasteiger partial charge >= 0.3 is 0 Å². The zero-order valence-corrected chi connectivity index (χ0v) is 17.9. The van der Waals surface area contributed by atoms with E-state index < -0.39 is 10.0 Å². The van der Waals surface area contributed by atoms with E-state index in [1.165, 1.54) is 27.3 Å². The molecule has 2 aromatic rings. The minimum Gasteiger partial charge on any atom is -0.496 e. The van der Waals surface area contributed by atoms with Crippen LogP contribution in [0.2, 0.25) is 0 Å². The van der Waals surface area contributed by atoms with E-state index in [4.69, 9.17) is 9.15 Å². The average Bonchev–Trinajstić information content (AvgIpc) is 3.19. The number of methoxy groups -OCH3 is 1. The van der Waals surface area contributed by atoms with Gasteiger partial charge in [-0.25, -0.2) is 12.7 Å². The molecule has 1 heterocycles. The number of amides is 1. The number of ether oxygens (including phenoxy) is 1. The molecule has 7 nitrogen and oxygen atoms in total. The summed E-state index contributed by atoms with van der Waals surface area (Å²) in [5.41, 5.74) is 0.688. The molecule has 0 saturated carbocycles. The van der Waals surface area contributed by atoms with Crippen LogP contribution in [0, 0.1) is 0 Å². The first-order valence-corrected chi connectivity index (χ1v) is 11.4. The Morgan fingerprint density at radius 3 is 2.71 bits per heavy atom. The van der Waals surface area contributed by atoms with E-state index >= 15 is 0 Å². The van der Waals surface area contributed by atoms with Crippen LogP contribution < -0.4 is 10.1 Å². The molecule has 0 aliphatic rings. The summed E-state index contributed by atoms with van der Waals surface area (Å²) in [6, 6.07) is 8.47. The Hall–Kier alpha value is -1.97. The number of hydrogen-bond acceptors (Lipinski definition) is 6. The number of furan rings is 1. The summed E-state index contributed by atoms with van der Waals surface area (Å²) in [5.74, 6) is 2.96. The van der Waals surface area contributed by atoms with Crippen molar-refractivity contribution in [2.24, 2.45) is 0 Å². The van der Waals surface area contributed by atoms with E-state index in [2.05, 4.69) is 5.32 Å². The number of nitrogens with one attached hydrogen (secondary N) is 1. The number of sulfonamides is 1. The van der Waals surface area contributed by atoms with Gasteiger partial charge in [0.15, 0.2) is 0 Å². The number of carbonyl (C=O) groups is 1. The minimum absolute atomic E-state index is 0.0819. The van der Waals surface area contributed by atoms with Gasteiger partial charge in [0.1, 0.15) is 11.5 Å². The summed E-state index contributed by atoms with van der Waals surface area (Å²) in [4.78, 5) is 12.3. The number of carbonyl (C=O) groups excluding carboxylic acids is 1. The van der Waals surface area contributed by atoms with Crippen LogP contribution in [-0.4, -0.2) is 52.1 Å². The number of nitrogens with zero attached hydrogens (tertiary/aromatic N) is 1. The summed E-state index contributed by atoms with van der Waals surface area (Å²) < 4.78 is 36.3. The first kappa shape index (κ1) is 22.3. The molecule has 0 saturated heterocycles. The predicted octanol–water partition coefficient (Wildman–Crippen LogP) is 2.52. The molecule has 1 aromatic carbocycles. The lowest BCUT2D eigenvalue weighted by atomic mass is 10.1. The van der Waals surface area contributed by atoms with Crippen molar-refractivity contribution >= 4 is 27.7 Å². The molecular formula is C19H26N2O5S2. The van der Waals surface area contributed by atoms with Gasteiger partial charge in [0.25, 0.3) is 0 Å². The summed E-state index contributed by atoms with van der Waals surface area (Å²) in [5, 5.41) is 2.88. The van der Waals surface area contributed by atoms with Crippen LogP contribution in [0.1, 0.15) is 17.7 Å². The molecule has 1 N–H and O–H groups in total. The van der Waals surface area contributed by atoms with Gasteiger partial charge in [-0.1, -0.05) is 0 Å². The van der Waals surface area contributed by atoms with Gasteiger partial charge < -0.3 is 14.5 Å². The molecule has 28 heavy (non-hydrogen) atoms. The molecule has 0 fully saturated rings. The Kier molecular flexibility index (Phi) is 8.40. The first-order chi connectivity index (χ1) is 13.3. The van der Waals surface area contributed by atoms with E-state index in [1.54, 1.807) is 30.2 Å².